The van der Waals surface area contributed by atoms with Gasteiger partial charge in [0, 0.05) is 16.8 Å². The van der Waals surface area contributed by atoms with Crippen LogP contribution >= 0.6 is 0 Å². The van der Waals surface area contributed by atoms with Gasteiger partial charge in [-0.25, -0.2) is 4.79 Å². The van der Waals surface area contributed by atoms with Crippen LogP contribution in [0, 0.1) is 18.8 Å². The number of methoxy groups -OCH3 is 1. The van der Waals surface area contributed by atoms with Crippen LogP contribution in [0.25, 0.3) is 0 Å². The van der Waals surface area contributed by atoms with Gasteiger partial charge in [0.15, 0.2) is 0 Å². The molecule has 2 rings (SSSR count). The highest BCUT2D eigenvalue weighted by Gasteiger charge is 2.11. The first-order valence-corrected chi connectivity index (χ1v) is 6.17. The van der Waals surface area contributed by atoms with Crippen molar-refractivity contribution in [3.63, 3.8) is 0 Å². The van der Waals surface area contributed by atoms with Gasteiger partial charge in [-0.1, -0.05) is 30.0 Å². The molecule has 2 N–H and O–H groups in total. The molecule has 100 valence electrons. The summed E-state index contributed by atoms with van der Waals surface area (Å²) in [5, 5.41) is 0. The van der Waals surface area contributed by atoms with Crippen molar-refractivity contribution >= 4 is 11.7 Å². The maximum absolute atomic E-state index is 11.6. The molecule has 0 aliphatic rings. The maximum atomic E-state index is 11.6. The molecule has 2 aromatic carbocycles. The van der Waals surface area contributed by atoms with Gasteiger partial charge in [0.05, 0.1) is 12.7 Å². The summed E-state index contributed by atoms with van der Waals surface area (Å²) in [7, 11) is 1.35. The van der Waals surface area contributed by atoms with Gasteiger partial charge in [0.2, 0.25) is 0 Å². The van der Waals surface area contributed by atoms with E-state index in [0.29, 0.717) is 16.8 Å². The number of ether oxygens (including phenoxy) is 1. The van der Waals surface area contributed by atoms with Crippen LogP contribution in [0.5, 0.6) is 0 Å². The molecule has 0 bridgehead atoms. The number of anilines is 1. The molecule has 0 fully saturated rings. The Morgan fingerprint density at radius 3 is 2.50 bits per heavy atom. The highest BCUT2D eigenvalue weighted by Crippen LogP contribution is 2.18. The third kappa shape index (κ3) is 2.99. The maximum Gasteiger partial charge on any atom is 0.338 e. The van der Waals surface area contributed by atoms with Crippen molar-refractivity contribution in [1.82, 2.24) is 0 Å². The molecule has 0 amide bonds. The SMILES string of the molecule is COC(=O)c1cc(N)c(C#Cc2ccccc2)cc1C. The molecule has 0 atom stereocenters. The van der Waals surface area contributed by atoms with Gasteiger partial charge >= 0.3 is 5.97 Å². The number of hydrogen-bond acceptors (Lipinski definition) is 3. The zero-order valence-corrected chi connectivity index (χ0v) is 11.4. The molecule has 0 aliphatic carbocycles. The molecule has 0 heterocycles. The van der Waals surface area contributed by atoms with Crippen LogP contribution < -0.4 is 5.73 Å². The van der Waals surface area contributed by atoms with E-state index in [1.807, 2.05) is 37.3 Å². The minimum Gasteiger partial charge on any atom is -0.465 e. The smallest absolute Gasteiger partial charge is 0.338 e. The summed E-state index contributed by atoms with van der Waals surface area (Å²) in [5.74, 6) is 5.68. The lowest BCUT2D eigenvalue weighted by Gasteiger charge is -2.06. The number of rotatable bonds is 1. The van der Waals surface area contributed by atoms with E-state index in [-0.39, 0.29) is 0 Å². The summed E-state index contributed by atoms with van der Waals surface area (Å²) in [6.07, 6.45) is 0. The molecular formula is C17H15NO2. The second-order valence-electron chi connectivity index (χ2n) is 4.36. The Morgan fingerprint density at radius 2 is 1.85 bits per heavy atom. The average molecular weight is 265 g/mol. The summed E-state index contributed by atoms with van der Waals surface area (Å²) >= 11 is 0. The monoisotopic (exact) mass is 265 g/mol. The quantitative estimate of drug-likeness (QED) is 0.490. The fourth-order valence-electron chi connectivity index (χ4n) is 1.82. The lowest BCUT2D eigenvalue weighted by Crippen LogP contribution is -2.06. The summed E-state index contributed by atoms with van der Waals surface area (Å²) in [6, 6.07) is 13.1. The number of carbonyl (C=O) groups is 1. The van der Waals surface area contributed by atoms with Gasteiger partial charge in [-0.15, -0.1) is 0 Å². The zero-order chi connectivity index (χ0) is 14.5. The number of carbonyl (C=O) groups excluding carboxylic acids is 1. The third-order valence-electron chi connectivity index (χ3n) is 2.92. The minimum absolute atomic E-state index is 0.392. The number of nitrogen functional groups attached to an aromatic ring is 1. The van der Waals surface area contributed by atoms with Crippen LogP contribution in [0.1, 0.15) is 27.0 Å². The predicted octanol–water partition coefficient (Wildman–Crippen LogP) is 2.76. The van der Waals surface area contributed by atoms with Gasteiger partial charge in [0.1, 0.15) is 0 Å². The second kappa shape index (κ2) is 5.94. The number of hydrogen-bond donors (Lipinski definition) is 1. The summed E-state index contributed by atoms with van der Waals surface area (Å²) < 4.78 is 4.71. The van der Waals surface area contributed by atoms with E-state index in [2.05, 4.69) is 11.8 Å². The van der Waals surface area contributed by atoms with Crippen molar-refractivity contribution in [2.24, 2.45) is 0 Å². The highest BCUT2D eigenvalue weighted by molar-refractivity contribution is 5.92. The van der Waals surface area contributed by atoms with Gasteiger partial charge in [-0.2, -0.15) is 0 Å². The molecule has 0 saturated carbocycles. The molecule has 0 saturated heterocycles. The van der Waals surface area contributed by atoms with E-state index in [9.17, 15) is 4.79 Å². The lowest BCUT2D eigenvalue weighted by molar-refractivity contribution is 0.0600. The molecule has 3 nitrogen and oxygen atoms in total. The topological polar surface area (TPSA) is 52.3 Å². The number of benzene rings is 2. The molecule has 0 radical (unpaired) electrons. The highest BCUT2D eigenvalue weighted by atomic mass is 16.5. The molecule has 0 aromatic heterocycles. The van der Waals surface area contributed by atoms with Crippen LogP contribution in [0.2, 0.25) is 0 Å². The van der Waals surface area contributed by atoms with Crippen molar-refractivity contribution in [3.05, 3.63) is 64.7 Å². The Labute approximate surface area is 118 Å². The van der Waals surface area contributed by atoms with Crippen LogP contribution in [0.15, 0.2) is 42.5 Å². The summed E-state index contributed by atoms with van der Waals surface area (Å²) in [5.41, 5.74) is 9.30. The molecule has 20 heavy (non-hydrogen) atoms. The molecular weight excluding hydrogens is 250 g/mol. The van der Waals surface area contributed by atoms with E-state index >= 15 is 0 Å². The van der Waals surface area contributed by atoms with E-state index in [1.54, 1.807) is 12.1 Å². The predicted molar refractivity (Wildman–Crippen MR) is 79.4 cm³/mol. The second-order valence-corrected chi connectivity index (χ2v) is 4.36. The van der Waals surface area contributed by atoms with E-state index in [4.69, 9.17) is 10.5 Å². The van der Waals surface area contributed by atoms with Gasteiger partial charge in [-0.3, -0.25) is 0 Å². The molecule has 0 aliphatic heterocycles. The van der Waals surface area contributed by atoms with Crippen molar-refractivity contribution < 1.29 is 9.53 Å². The Bertz CT molecular complexity index is 694. The molecule has 0 unspecified atom stereocenters. The van der Waals surface area contributed by atoms with Crippen molar-refractivity contribution in [1.29, 1.82) is 0 Å². The van der Waals surface area contributed by atoms with Crippen molar-refractivity contribution in [3.8, 4) is 11.8 Å². The number of nitrogens with two attached hydrogens (primary N) is 1. The van der Waals surface area contributed by atoms with Crippen LogP contribution in [-0.2, 0) is 4.74 Å². The summed E-state index contributed by atoms with van der Waals surface area (Å²) in [6.45, 7) is 1.83. The first-order valence-electron chi connectivity index (χ1n) is 6.17. The minimum atomic E-state index is -0.392. The average Bonchev–Trinajstić information content (AvgIpc) is 2.48. The van der Waals surface area contributed by atoms with Crippen molar-refractivity contribution in [2.45, 2.75) is 6.92 Å². The van der Waals surface area contributed by atoms with Gasteiger partial charge < -0.3 is 10.5 Å². The fourth-order valence-corrected chi connectivity index (χ4v) is 1.82. The standard InChI is InChI=1S/C17H15NO2/c1-12-10-14(9-8-13-6-4-3-5-7-13)16(18)11-15(12)17(19)20-2/h3-7,10-11H,18H2,1-2H3. The van der Waals surface area contributed by atoms with Crippen LogP contribution in [-0.4, -0.2) is 13.1 Å². The number of aryl methyl sites for hydroxylation is 1. The lowest BCUT2D eigenvalue weighted by atomic mass is 10.0. The van der Waals surface area contributed by atoms with Gasteiger partial charge in [0.25, 0.3) is 0 Å². The Hall–Kier alpha value is -2.73. The fraction of sp³-hybridized carbons (Fsp3) is 0.118. The Balaban J connectivity index is 2.38. The zero-order valence-electron chi connectivity index (χ0n) is 11.4. The van der Waals surface area contributed by atoms with Gasteiger partial charge in [-0.05, 0) is 36.8 Å². The molecule has 2 aromatic rings. The first-order chi connectivity index (χ1) is 9.61. The molecule has 0 spiro atoms. The normalized spacial score (nSPS) is 9.50. The first kappa shape index (κ1) is 13.7. The van der Waals surface area contributed by atoms with E-state index in [0.717, 1.165) is 11.1 Å². The molecule has 3 heteroatoms. The Morgan fingerprint density at radius 1 is 1.15 bits per heavy atom. The van der Waals surface area contributed by atoms with Crippen LogP contribution in [0.4, 0.5) is 5.69 Å². The third-order valence-corrected chi connectivity index (χ3v) is 2.92. The van der Waals surface area contributed by atoms with Crippen LogP contribution in [0.3, 0.4) is 0 Å². The van der Waals surface area contributed by atoms with Crippen molar-refractivity contribution in [2.75, 3.05) is 12.8 Å². The largest absolute Gasteiger partial charge is 0.465 e. The summed E-state index contributed by atoms with van der Waals surface area (Å²) in [4.78, 5) is 11.6. The van der Waals surface area contributed by atoms with E-state index in [1.165, 1.54) is 7.11 Å². The Kier molecular flexibility index (Phi) is 4.07. The van der Waals surface area contributed by atoms with E-state index < -0.39 is 5.97 Å². The number of esters is 1.